The van der Waals surface area contributed by atoms with Crippen LogP contribution < -0.4 is 14.8 Å². The maximum absolute atomic E-state index is 12.3. The summed E-state index contributed by atoms with van der Waals surface area (Å²) in [4.78, 5) is 0. The fraction of sp³-hybridized carbons (Fsp3) is 0.250. The number of hydrogen-bond donors (Lipinski definition) is 1. The molecule has 28 heavy (non-hydrogen) atoms. The maximum atomic E-state index is 12.3. The second-order valence-electron chi connectivity index (χ2n) is 6.43. The molecule has 0 fully saturated rings. The Balaban J connectivity index is 1.61. The number of benzene rings is 2. The van der Waals surface area contributed by atoms with E-state index in [4.69, 9.17) is 9.84 Å². The minimum absolute atomic E-state index is 0.258. The molecule has 3 aromatic rings. The van der Waals surface area contributed by atoms with Gasteiger partial charge in [-0.3, -0.25) is 0 Å². The Bertz CT molecular complexity index is 964. The molecule has 2 aromatic carbocycles. The van der Waals surface area contributed by atoms with Crippen molar-refractivity contribution in [2.75, 3.05) is 19.0 Å². The van der Waals surface area contributed by atoms with Crippen LogP contribution >= 0.6 is 0 Å². The predicted octanol–water partition coefficient (Wildman–Crippen LogP) is 4.34. The zero-order valence-electron chi connectivity index (χ0n) is 15.1. The molecule has 1 N–H and O–H groups in total. The number of rotatable bonds is 5. The van der Waals surface area contributed by atoms with Gasteiger partial charge in [0, 0.05) is 18.5 Å². The predicted molar refractivity (Wildman–Crippen MR) is 98.2 cm³/mol. The van der Waals surface area contributed by atoms with E-state index in [0.29, 0.717) is 12.1 Å². The molecular weight excluding hydrogens is 371 g/mol. The highest BCUT2D eigenvalue weighted by Gasteiger charge is 2.31. The fourth-order valence-electron chi connectivity index (χ4n) is 3.30. The lowest BCUT2D eigenvalue weighted by molar-refractivity contribution is -0.274. The number of halogens is 3. The van der Waals surface area contributed by atoms with Crippen LogP contribution in [-0.4, -0.2) is 29.8 Å². The smallest absolute Gasteiger partial charge is 0.497 e. The SMILES string of the molecule is COc1ccc(Cc2nn(-c3ccc(OC(F)(F)F)cc3)c3c2CCN3)cc1. The first-order valence-electron chi connectivity index (χ1n) is 8.77. The van der Waals surface area contributed by atoms with Crippen molar-refractivity contribution in [3.8, 4) is 17.2 Å². The quantitative estimate of drug-likeness (QED) is 0.705. The van der Waals surface area contributed by atoms with Gasteiger partial charge in [-0.25, -0.2) is 4.68 Å². The Morgan fingerprint density at radius 1 is 1.04 bits per heavy atom. The molecule has 1 aliphatic heterocycles. The number of anilines is 1. The first-order chi connectivity index (χ1) is 13.4. The third-order valence-electron chi connectivity index (χ3n) is 4.58. The van der Waals surface area contributed by atoms with E-state index in [1.807, 2.05) is 24.3 Å². The largest absolute Gasteiger partial charge is 0.573 e. The van der Waals surface area contributed by atoms with Gasteiger partial charge in [-0.05, 0) is 48.4 Å². The van der Waals surface area contributed by atoms with Gasteiger partial charge in [-0.15, -0.1) is 13.2 Å². The second kappa shape index (κ2) is 7.10. The summed E-state index contributed by atoms with van der Waals surface area (Å²) in [6.07, 6.45) is -3.19. The van der Waals surface area contributed by atoms with E-state index in [1.165, 1.54) is 12.1 Å². The van der Waals surface area contributed by atoms with Crippen molar-refractivity contribution >= 4 is 5.82 Å². The molecule has 0 atom stereocenters. The summed E-state index contributed by atoms with van der Waals surface area (Å²) in [6.45, 7) is 0.804. The number of ether oxygens (including phenoxy) is 2. The molecule has 0 saturated carbocycles. The molecule has 1 aliphatic rings. The van der Waals surface area contributed by atoms with Crippen LogP contribution in [0, 0.1) is 0 Å². The monoisotopic (exact) mass is 389 g/mol. The Kier molecular flexibility index (Phi) is 4.62. The van der Waals surface area contributed by atoms with Crippen molar-refractivity contribution in [1.29, 1.82) is 0 Å². The van der Waals surface area contributed by atoms with Gasteiger partial charge >= 0.3 is 6.36 Å². The summed E-state index contributed by atoms with van der Waals surface area (Å²) in [5, 5.41) is 8.02. The van der Waals surface area contributed by atoms with Crippen molar-refractivity contribution < 1.29 is 22.6 Å². The van der Waals surface area contributed by atoms with E-state index in [0.717, 1.165) is 41.4 Å². The summed E-state index contributed by atoms with van der Waals surface area (Å²) in [7, 11) is 1.63. The minimum Gasteiger partial charge on any atom is -0.497 e. The van der Waals surface area contributed by atoms with Gasteiger partial charge in [0.2, 0.25) is 0 Å². The Labute approximate surface area is 159 Å². The highest BCUT2D eigenvalue weighted by molar-refractivity contribution is 5.58. The van der Waals surface area contributed by atoms with Crippen LogP contribution in [0.5, 0.6) is 11.5 Å². The molecule has 0 spiro atoms. The van der Waals surface area contributed by atoms with Crippen molar-refractivity contribution in [3.63, 3.8) is 0 Å². The molecule has 8 heteroatoms. The lowest BCUT2D eigenvalue weighted by Crippen LogP contribution is -2.17. The molecule has 2 heterocycles. The Hall–Kier alpha value is -3.16. The van der Waals surface area contributed by atoms with E-state index in [2.05, 4.69) is 10.1 Å². The van der Waals surface area contributed by atoms with E-state index in [9.17, 15) is 13.2 Å². The lowest BCUT2D eigenvalue weighted by atomic mass is 10.1. The van der Waals surface area contributed by atoms with Crippen molar-refractivity contribution in [1.82, 2.24) is 9.78 Å². The number of alkyl halides is 3. The van der Waals surface area contributed by atoms with Crippen LogP contribution in [0.2, 0.25) is 0 Å². The van der Waals surface area contributed by atoms with Crippen molar-refractivity contribution in [2.24, 2.45) is 0 Å². The van der Waals surface area contributed by atoms with Crippen LogP contribution in [0.1, 0.15) is 16.8 Å². The summed E-state index contributed by atoms with van der Waals surface area (Å²) >= 11 is 0. The van der Waals surface area contributed by atoms with Crippen LogP contribution in [0.3, 0.4) is 0 Å². The first kappa shape index (κ1) is 18.2. The van der Waals surface area contributed by atoms with Gasteiger partial charge in [0.05, 0.1) is 18.5 Å². The van der Waals surface area contributed by atoms with Gasteiger partial charge in [0.25, 0.3) is 0 Å². The molecule has 5 nitrogen and oxygen atoms in total. The zero-order valence-corrected chi connectivity index (χ0v) is 15.1. The molecule has 146 valence electrons. The third-order valence-corrected chi connectivity index (χ3v) is 4.58. The fourth-order valence-corrected chi connectivity index (χ4v) is 3.30. The normalized spacial score (nSPS) is 13.1. The molecule has 0 aliphatic carbocycles. The summed E-state index contributed by atoms with van der Waals surface area (Å²) in [5.41, 5.74) is 3.85. The molecule has 0 saturated heterocycles. The molecule has 0 amide bonds. The van der Waals surface area contributed by atoms with Crippen molar-refractivity contribution in [3.05, 3.63) is 65.4 Å². The number of methoxy groups -OCH3 is 1. The molecular formula is C20H18F3N3O2. The molecule has 0 bridgehead atoms. The van der Waals surface area contributed by atoms with Crippen LogP contribution in [0.15, 0.2) is 48.5 Å². The number of nitrogens with one attached hydrogen (secondary N) is 1. The highest BCUT2D eigenvalue weighted by atomic mass is 19.4. The van der Waals surface area contributed by atoms with Crippen LogP contribution in [-0.2, 0) is 12.8 Å². The lowest BCUT2D eigenvalue weighted by Gasteiger charge is -2.10. The van der Waals surface area contributed by atoms with Gasteiger partial charge in [-0.1, -0.05) is 12.1 Å². The summed E-state index contributed by atoms with van der Waals surface area (Å²) < 4.78 is 47.9. The summed E-state index contributed by atoms with van der Waals surface area (Å²) in [5.74, 6) is 1.42. The topological polar surface area (TPSA) is 48.3 Å². The van der Waals surface area contributed by atoms with E-state index in [1.54, 1.807) is 23.9 Å². The van der Waals surface area contributed by atoms with Crippen molar-refractivity contribution in [2.45, 2.75) is 19.2 Å². The minimum atomic E-state index is -4.71. The number of aromatic nitrogens is 2. The van der Waals surface area contributed by atoms with E-state index >= 15 is 0 Å². The van der Waals surface area contributed by atoms with E-state index in [-0.39, 0.29) is 5.75 Å². The van der Waals surface area contributed by atoms with Crippen LogP contribution in [0.4, 0.5) is 19.0 Å². The van der Waals surface area contributed by atoms with Gasteiger partial charge in [0.15, 0.2) is 0 Å². The number of nitrogens with zero attached hydrogens (tertiary/aromatic N) is 2. The second-order valence-corrected chi connectivity index (χ2v) is 6.43. The maximum Gasteiger partial charge on any atom is 0.573 e. The zero-order chi connectivity index (χ0) is 19.7. The van der Waals surface area contributed by atoms with Gasteiger partial charge in [-0.2, -0.15) is 5.10 Å². The Morgan fingerprint density at radius 2 is 1.71 bits per heavy atom. The van der Waals surface area contributed by atoms with Gasteiger partial charge < -0.3 is 14.8 Å². The molecule has 1 aromatic heterocycles. The number of hydrogen-bond acceptors (Lipinski definition) is 4. The molecule has 0 radical (unpaired) electrons. The van der Waals surface area contributed by atoms with Gasteiger partial charge in [0.1, 0.15) is 17.3 Å². The average molecular weight is 389 g/mol. The molecule has 4 rings (SSSR count). The Morgan fingerprint density at radius 3 is 2.36 bits per heavy atom. The van der Waals surface area contributed by atoms with E-state index < -0.39 is 6.36 Å². The average Bonchev–Trinajstić information content (AvgIpc) is 3.26. The van der Waals surface area contributed by atoms with Crippen LogP contribution in [0.25, 0.3) is 5.69 Å². The number of fused-ring (bicyclic) bond motifs is 1. The molecule has 0 unspecified atom stereocenters. The third kappa shape index (κ3) is 3.76. The standard InChI is InChI=1S/C20H18F3N3O2/c1-27-15-6-2-13(3-7-15)12-18-17-10-11-24-19(17)26(25-18)14-4-8-16(9-5-14)28-20(21,22)23/h2-9,24H,10-12H2,1H3. The highest BCUT2D eigenvalue weighted by Crippen LogP contribution is 2.31. The summed E-state index contributed by atoms with van der Waals surface area (Å²) in [6, 6.07) is 13.5. The first-order valence-corrected chi connectivity index (χ1v) is 8.77.